The minimum Gasteiger partial charge on any atom is -0.330 e. The summed E-state index contributed by atoms with van der Waals surface area (Å²) in [6.45, 7) is 0.775. The normalized spacial score (nSPS) is 10.5. The van der Waals surface area contributed by atoms with Crippen molar-refractivity contribution in [3.63, 3.8) is 0 Å². The fraction of sp³-hybridized carbons (Fsp3) is 0.455. The number of rotatable bonds is 5. The molecule has 0 aliphatic carbocycles. The van der Waals surface area contributed by atoms with Crippen LogP contribution in [0.2, 0.25) is 0 Å². The van der Waals surface area contributed by atoms with Crippen LogP contribution in [0.1, 0.15) is 12.0 Å². The molecule has 1 nitrogen and oxygen atoms in total. The molecule has 0 saturated heterocycles. The third-order valence-electron chi connectivity index (χ3n) is 2.13. The molecular weight excluding hydrogens is 210 g/mol. The molecule has 2 N–H and O–H groups in total. The van der Waals surface area contributed by atoms with E-state index in [0.29, 0.717) is 0 Å². The van der Waals surface area contributed by atoms with Gasteiger partial charge in [0.15, 0.2) is 0 Å². The number of hydrogen-bond donors (Lipinski definition) is 1. The number of hydrogen-bond acceptors (Lipinski definition) is 3. The zero-order valence-corrected chi connectivity index (χ0v) is 10.4. The molecule has 0 spiro atoms. The molecule has 1 aromatic carbocycles. The molecule has 0 fully saturated rings. The summed E-state index contributed by atoms with van der Waals surface area (Å²) in [5.41, 5.74) is 6.97. The van der Waals surface area contributed by atoms with E-state index in [9.17, 15) is 0 Å². The van der Waals surface area contributed by atoms with Crippen LogP contribution in [0.25, 0.3) is 0 Å². The minimum atomic E-state index is 0.775. The molecule has 3 heteroatoms. The van der Waals surface area contributed by atoms with Gasteiger partial charge in [-0.2, -0.15) is 0 Å². The highest BCUT2D eigenvalue weighted by Gasteiger charge is 2.05. The van der Waals surface area contributed by atoms with Gasteiger partial charge >= 0.3 is 0 Å². The molecule has 14 heavy (non-hydrogen) atoms. The van der Waals surface area contributed by atoms with Gasteiger partial charge in [-0.15, -0.1) is 23.5 Å². The van der Waals surface area contributed by atoms with Crippen LogP contribution in [-0.2, 0) is 6.42 Å². The first-order valence-electron chi connectivity index (χ1n) is 4.73. The monoisotopic (exact) mass is 227 g/mol. The Kier molecular flexibility index (Phi) is 5.45. The number of aryl methyl sites for hydroxylation is 1. The summed E-state index contributed by atoms with van der Waals surface area (Å²) in [6.07, 6.45) is 6.44. The van der Waals surface area contributed by atoms with E-state index in [4.69, 9.17) is 5.73 Å². The summed E-state index contributed by atoms with van der Waals surface area (Å²) >= 11 is 3.65. The van der Waals surface area contributed by atoms with E-state index in [1.807, 2.05) is 23.5 Å². The summed E-state index contributed by atoms with van der Waals surface area (Å²) < 4.78 is 0. The van der Waals surface area contributed by atoms with Gasteiger partial charge in [-0.25, -0.2) is 0 Å². The molecule has 0 aliphatic heterocycles. The Morgan fingerprint density at radius 2 is 2.00 bits per heavy atom. The summed E-state index contributed by atoms with van der Waals surface area (Å²) in [7, 11) is 0. The van der Waals surface area contributed by atoms with Crippen LogP contribution < -0.4 is 5.73 Å². The Bertz CT molecular complexity index is 287. The maximum atomic E-state index is 5.53. The van der Waals surface area contributed by atoms with Gasteiger partial charge in [-0.3, -0.25) is 0 Å². The molecule has 0 aliphatic rings. The highest BCUT2D eigenvalue weighted by atomic mass is 32.2. The predicted octanol–water partition coefficient (Wildman–Crippen LogP) is 3.02. The average Bonchev–Trinajstić information content (AvgIpc) is 2.25. The zero-order chi connectivity index (χ0) is 10.4. The standard InChI is InChI=1S/C11H17NS2/c1-13-10-7-3-5-9(6-4-8-12)11(10)14-2/h3,5,7H,4,6,8,12H2,1-2H3. The van der Waals surface area contributed by atoms with Crippen LogP contribution in [0, 0.1) is 0 Å². The molecule has 0 atom stereocenters. The third kappa shape index (κ3) is 2.94. The second kappa shape index (κ2) is 6.38. The van der Waals surface area contributed by atoms with E-state index >= 15 is 0 Å². The van der Waals surface area contributed by atoms with Crippen LogP contribution in [0.5, 0.6) is 0 Å². The molecule has 0 radical (unpaired) electrons. The summed E-state index contributed by atoms with van der Waals surface area (Å²) in [5, 5.41) is 0. The molecule has 0 amide bonds. The van der Waals surface area contributed by atoms with E-state index in [0.717, 1.165) is 19.4 Å². The van der Waals surface area contributed by atoms with Crippen molar-refractivity contribution in [3.8, 4) is 0 Å². The molecule has 1 aromatic rings. The SMILES string of the molecule is CSc1cccc(CCCN)c1SC. The molecule has 0 unspecified atom stereocenters. The lowest BCUT2D eigenvalue weighted by atomic mass is 10.1. The van der Waals surface area contributed by atoms with Crippen molar-refractivity contribution in [3.05, 3.63) is 23.8 Å². The Hall–Kier alpha value is -0.120. The fourth-order valence-electron chi connectivity index (χ4n) is 1.44. The van der Waals surface area contributed by atoms with Gasteiger partial charge in [0, 0.05) is 9.79 Å². The van der Waals surface area contributed by atoms with Crippen molar-refractivity contribution in [2.24, 2.45) is 5.73 Å². The molecule has 0 aromatic heterocycles. The van der Waals surface area contributed by atoms with Crippen LogP contribution in [0.4, 0.5) is 0 Å². The van der Waals surface area contributed by atoms with Crippen molar-refractivity contribution >= 4 is 23.5 Å². The fourth-order valence-corrected chi connectivity index (χ4v) is 3.18. The summed E-state index contributed by atoms with van der Waals surface area (Å²) in [6, 6.07) is 6.53. The van der Waals surface area contributed by atoms with Gasteiger partial charge in [0.05, 0.1) is 0 Å². The van der Waals surface area contributed by atoms with E-state index in [1.54, 1.807) is 0 Å². The largest absolute Gasteiger partial charge is 0.330 e. The maximum absolute atomic E-state index is 5.53. The lowest BCUT2D eigenvalue weighted by Gasteiger charge is -2.10. The van der Waals surface area contributed by atoms with Crippen molar-refractivity contribution in [2.75, 3.05) is 19.1 Å². The first kappa shape index (κ1) is 12.0. The van der Waals surface area contributed by atoms with Gasteiger partial charge in [-0.1, -0.05) is 12.1 Å². The lowest BCUT2D eigenvalue weighted by molar-refractivity contribution is 0.815. The third-order valence-corrected chi connectivity index (χ3v) is 3.93. The molecule has 0 heterocycles. The second-order valence-corrected chi connectivity index (χ2v) is 4.71. The van der Waals surface area contributed by atoms with E-state index in [2.05, 4.69) is 30.7 Å². The van der Waals surface area contributed by atoms with Gasteiger partial charge < -0.3 is 5.73 Å². The van der Waals surface area contributed by atoms with Gasteiger partial charge in [0.1, 0.15) is 0 Å². The first-order valence-corrected chi connectivity index (χ1v) is 7.18. The molecule has 0 bridgehead atoms. The highest BCUT2D eigenvalue weighted by molar-refractivity contribution is 8.01. The molecular formula is C11H17NS2. The van der Waals surface area contributed by atoms with E-state index in [1.165, 1.54) is 15.4 Å². The van der Waals surface area contributed by atoms with Crippen LogP contribution in [0.15, 0.2) is 28.0 Å². The summed E-state index contributed by atoms with van der Waals surface area (Å²) in [4.78, 5) is 2.81. The van der Waals surface area contributed by atoms with Crippen molar-refractivity contribution in [1.82, 2.24) is 0 Å². The zero-order valence-electron chi connectivity index (χ0n) is 8.75. The number of benzene rings is 1. The lowest BCUT2D eigenvalue weighted by Crippen LogP contribution is -2.01. The smallest absolute Gasteiger partial charge is 0.0237 e. The van der Waals surface area contributed by atoms with Gasteiger partial charge in [-0.05, 0) is 43.5 Å². The Balaban J connectivity index is 2.90. The van der Waals surface area contributed by atoms with Gasteiger partial charge in [0.2, 0.25) is 0 Å². The van der Waals surface area contributed by atoms with Crippen LogP contribution >= 0.6 is 23.5 Å². The molecule has 0 saturated carbocycles. The van der Waals surface area contributed by atoms with Crippen LogP contribution in [0.3, 0.4) is 0 Å². The highest BCUT2D eigenvalue weighted by Crippen LogP contribution is 2.31. The van der Waals surface area contributed by atoms with Crippen molar-refractivity contribution in [1.29, 1.82) is 0 Å². The van der Waals surface area contributed by atoms with Crippen molar-refractivity contribution in [2.45, 2.75) is 22.6 Å². The van der Waals surface area contributed by atoms with E-state index in [-0.39, 0.29) is 0 Å². The Morgan fingerprint density at radius 3 is 2.57 bits per heavy atom. The topological polar surface area (TPSA) is 26.0 Å². The Morgan fingerprint density at radius 1 is 1.21 bits per heavy atom. The maximum Gasteiger partial charge on any atom is 0.0237 e. The minimum absolute atomic E-state index is 0.775. The Labute approximate surface area is 94.8 Å². The number of thioether (sulfide) groups is 2. The number of nitrogens with two attached hydrogens (primary N) is 1. The van der Waals surface area contributed by atoms with Crippen LogP contribution in [-0.4, -0.2) is 19.1 Å². The van der Waals surface area contributed by atoms with E-state index < -0.39 is 0 Å². The molecule has 78 valence electrons. The average molecular weight is 227 g/mol. The first-order chi connectivity index (χ1) is 6.83. The van der Waals surface area contributed by atoms with Crippen molar-refractivity contribution < 1.29 is 0 Å². The second-order valence-electron chi connectivity index (χ2n) is 3.04. The molecule has 1 rings (SSSR count). The van der Waals surface area contributed by atoms with Gasteiger partial charge in [0.25, 0.3) is 0 Å². The quantitative estimate of drug-likeness (QED) is 0.783. The summed E-state index contributed by atoms with van der Waals surface area (Å²) in [5.74, 6) is 0. The predicted molar refractivity (Wildman–Crippen MR) is 67.4 cm³/mol.